The van der Waals surface area contributed by atoms with Crippen LogP contribution in [0, 0.1) is 5.92 Å². The van der Waals surface area contributed by atoms with E-state index in [4.69, 9.17) is 0 Å². The Labute approximate surface area is 91.8 Å². The second-order valence-electron chi connectivity index (χ2n) is 4.62. The molecule has 1 amide bonds. The number of Topliss-reactive ketones (excluding diaryl/α,β-unsaturated/α-hetero) is 1. The van der Waals surface area contributed by atoms with E-state index in [1.165, 1.54) is 13.3 Å². The lowest BCUT2D eigenvalue weighted by Gasteiger charge is -2.20. The Morgan fingerprint density at radius 1 is 1.20 bits per heavy atom. The summed E-state index contributed by atoms with van der Waals surface area (Å²) in [5.74, 6) is 0.987. The van der Waals surface area contributed by atoms with Crippen molar-refractivity contribution in [3.63, 3.8) is 0 Å². The summed E-state index contributed by atoms with van der Waals surface area (Å²) in [4.78, 5) is 24.4. The number of ketones is 1. The fourth-order valence-electron chi connectivity index (χ4n) is 1.95. The van der Waals surface area contributed by atoms with Gasteiger partial charge in [0.2, 0.25) is 5.91 Å². The predicted molar refractivity (Wildman–Crippen MR) is 59.5 cm³/mol. The molecule has 1 aliphatic heterocycles. The highest BCUT2D eigenvalue weighted by Crippen LogP contribution is 2.17. The summed E-state index contributed by atoms with van der Waals surface area (Å²) in [6.45, 7) is 5.53. The highest BCUT2D eigenvalue weighted by molar-refractivity contribution is 5.83. The second kappa shape index (κ2) is 5.89. The zero-order chi connectivity index (χ0) is 11.3. The third kappa shape index (κ3) is 4.45. The number of carbonyl (C=O) groups excluding carboxylic acids is 2. The van der Waals surface area contributed by atoms with Crippen LogP contribution in [0.1, 0.15) is 46.0 Å². The zero-order valence-corrected chi connectivity index (χ0v) is 9.79. The number of hydrogen-bond donors (Lipinski definition) is 0. The molecule has 0 N–H and O–H groups in total. The fraction of sp³-hybridized carbons (Fsp3) is 0.833. The lowest BCUT2D eigenvalue weighted by molar-refractivity contribution is -0.132. The summed E-state index contributed by atoms with van der Waals surface area (Å²) in [7, 11) is 0. The van der Waals surface area contributed by atoms with Gasteiger partial charge in [-0.15, -0.1) is 0 Å². The summed E-state index contributed by atoms with van der Waals surface area (Å²) in [6, 6.07) is 0. The van der Waals surface area contributed by atoms with Gasteiger partial charge < -0.3 is 9.69 Å². The van der Waals surface area contributed by atoms with E-state index in [1.807, 2.05) is 4.90 Å². The summed E-state index contributed by atoms with van der Waals surface area (Å²) in [6.07, 6.45) is 4.21. The molecule has 0 aromatic rings. The molecule has 0 spiro atoms. The molecule has 0 radical (unpaired) electrons. The van der Waals surface area contributed by atoms with Gasteiger partial charge in [0.05, 0.1) is 0 Å². The van der Waals surface area contributed by atoms with Gasteiger partial charge in [0, 0.05) is 25.9 Å². The Morgan fingerprint density at radius 2 is 1.93 bits per heavy atom. The van der Waals surface area contributed by atoms with Gasteiger partial charge in [0.15, 0.2) is 0 Å². The van der Waals surface area contributed by atoms with Crippen molar-refractivity contribution in [1.29, 1.82) is 0 Å². The van der Waals surface area contributed by atoms with Crippen molar-refractivity contribution in [3.05, 3.63) is 0 Å². The molecular weight excluding hydrogens is 190 g/mol. The molecule has 0 saturated carbocycles. The normalized spacial score (nSPS) is 22.3. The van der Waals surface area contributed by atoms with E-state index in [1.54, 1.807) is 0 Å². The first kappa shape index (κ1) is 12.2. The van der Waals surface area contributed by atoms with Crippen molar-refractivity contribution in [2.24, 2.45) is 5.92 Å². The van der Waals surface area contributed by atoms with Crippen molar-refractivity contribution >= 4 is 11.7 Å². The molecule has 0 aliphatic carbocycles. The zero-order valence-electron chi connectivity index (χ0n) is 9.79. The first-order chi connectivity index (χ1) is 7.09. The Balaban J connectivity index is 2.34. The van der Waals surface area contributed by atoms with Crippen molar-refractivity contribution in [3.8, 4) is 0 Å². The molecule has 0 bridgehead atoms. The van der Waals surface area contributed by atoms with E-state index >= 15 is 0 Å². The Kier molecular flexibility index (Phi) is 4.79. The summed E-state index contributed by atoms with van der Waals surface area (Å²) < 4.78 is 0. The van der Waals surface area contributed by atoms with E-state index in [2.05, 4.69) is 6.92 Å². The van der Waals surface area contributed by atoms with Crippen LogP contribution < -0.4 is 0 Å². The monoisotopic (exact) mass is 211 g/mol. The molecule has 1 aliphatic rings. The maximum Gasteiger partial charge on any atom is 0.223 e. The third-order valence-corrected chi connectivity index (χ3v) is 3.06. The molecule has 3 nitrogen and oxygen atoms in total. The van der Waals surface area contributed by atoms with Gasteiger partial charge in [-0.3, -0.25) is 4.79 Å². The van der Waals surface area contributed by atoms with Crippen LogP contribution in [0.3, 0.4) is 0 Å². The van der Waals surface area contributed by atoms with Gasteiger partial charge in [0.25, 0.3) is 0 Å². The lowest BCUT2D eigenvalue weighted by atomic mass is 10.0. The van der Waals surface area contributed by atoms with E-state index in [0.29, 0.717) is 12.8 Å². The SMILES string of the molecule is CC(=O)CCC(=O)N1CCCC(C)CC1. The number of hydrogen-bond acceptors (Lipinski definition) is 2. The van der Waals surface area contributed by atoms with Gasteiger partial charge in [-0.2, -0.15) is 0 Å². The number of amides is 1. The molecule has 15 heavy (non-hydrogen) atoms. The van der Waals surface area contributed by atoms with Crippen molar-refractivity contribution < 1.29 is 9.59 Å². The number of rotatable bonds is 3. The molecule has 0 aromatic heterocycles. The van der Waals surface area contributed by atoms with Crippen LogP contribution in [-0.2, 0) is 9.59 Å². The summed E-state index contributed by atoms with van der Waals surface area (Å²) >= 11 is 0. The van der Waals surface area contributed by atoms with Crippen molar-refractivity contribution in [2.45, 2.75) is 46.0 Å². The summed E-state index contributed by atoms with van der Waals surface area (Å²) in [5, 5.41) is 0. The van der Waals surface area contributed by atoms with E-state index < -0.39 is 0 Å². The van der Waals surface area contributed by atoms with Crippen LogP contribution in [0.4, 0.5) is 0 Å². The van der Waals surface area contributed by atoms with Crippen LogP contribution in [0.2, 0.25) is 0 Å². The smallest absolute Gasteiger partial charge is 0.223 e. The standard InChI is InChI=1S/C12H21NO2/c1-10-4-3-8-13(9-7-10)12(15)6-5-11(2)14/h10H,3-9H2,1-2H3. The van der Waals surface area contributed by atoms with Crippen LogP contribution in [-0.4, -0.2) is 29.7 Å². The number of nitrogens with zero attached hydrogens (tertiary/aromatic N) is 1. The molecule has 1 rings (SSSR count). The molecule has 86 valence electrons. The Bertz CT molecular complexity index is 238. The van der Waals surface area contributed by atoms with Gasteiger partial charge in [-0.05, 0) is 32.1 Å². The Hall–Kier alpha value is -0.860. The minimum absolute atomic E-state index is 0.103. The minimum atomic E-state index is 0.103. The number of carbonyl (C=O) groups is 2. The highest BCUT2D eigenvalue weighted by Gasteiger charge is 2.18. The first-order valence-corrected chi connectivity index (χ1v) is 5.87. The summed E-state index contributed by atoms with van der Waals surface area (Å²) in [5.41, 5.74) is 0. The third-order valence-electron chi connectivity index (χ3n) is 3.06. The molecule has 1 unspecified atom stereocenters. The van der Waals surface area contributed by atoms with Gasteiger partial charge in [-0.25, -0.2) is 0 Å². The van der Waals surface area contributed by atoms with Crippen LogP contribution in [0.25, 0.3) is 0 Å². The van der Waals surface area contributed by atoms with E-state index in [-0.39, 0.29) is 11.7 Å². The molecule has 3 heteroatoms. The molecule has 0 aromatic carbocycles. The largest absolute Gasteiger partial charge is 0.343 e. The predicted octanol–water partition coefficient (Wildman–Crippen LogP) is 2.00. The second-order valence-corrected chi connectivity index (χ2v) is 4.62. The molecule has 1 atom stereocenters. The van der Waals surface area contributed by atoms with Gasteiger partial charge in [-0.1, -0.05) is 6.92 Å². The van der Waals surface area contributed by atoms with Crippen molar-refractivity contribution in [2.75, 3.05) is 13.1 Å². The first-order valence-electron chi connectivity index (χ1n) is 5.87. The quantitative estimate of drug-likeness (QED) is 0.716. The van der Waals surface area contributed by atoms with Gasteiger partial charge >= 0.3 is 0 Å². The molecule has 1 heterocycles. The van der Waals surface area contributed by atoms with Crippen molar-refractivity contribution in [1.82, 2.24) is 4.90 Å². The van der Waals surface area contributed by atoms with Crippen LogP contribution >= 0.6 is 0 Å². The van der Waals surface area contributed by atoms with Crippen LogP contribution in [0.5, 0.6) is 0 Å². The van der Waals surface area contributed by atoms with Gasteiger partial charge in [0.1, 0.15) is 5.78 Å². The van der Waals surface area contributed by atoms with Crippen LogP contribution in [0.15, 0.2) is 0 Å². The minimum Gasteiger partial charge on any atom is -0.343 e. The molecule has 1 fully saturated rings. The van der Waals surface area contributed by atoms with E-state index in [0.717, 1.165) is 31.8 Å². The highest BCUT2D eigenvalue weighted by atomic mass is 16.2. The lowest BCUT2D eigenvalue weighted by Crippen LogP contribution is -2.32. The van der Waals surface area contributed by atoms with E-state index in [9.17, 15) is 9.59 Å². The maximum absolute atomic E-state index is 11.7. The average Bonchev–Trinajstić information content (AvgIpc) is 2.39. The molecule has 1 saturated heterocycles. The molecular formula is C12H21NO2. The average molecular weight is 211 g/mol. The number of likely N-dealkylation sites (tertiary alicyclic amines) is 1. The topological polar surface area (TPSA) is 37.4 Å². The maximum atomic E-state index is 11.7. The Morgan fingerprint density at radius 3 is 2.60 bits per heavy atom. The fourth-order valence-corrected chi connectivity index (χ4v) is 1.95.